The van der Waals surface area contributed by atoms with Gasteiger partial charge >= 0.3 is 5.97 Å². The van der Waals surface area contributed by atoms with Gasteiger partial charge in [-0.25, -0.2) is 4.79 Å². The van der Waals surface area contributed by atoms with Crippen LogP contribution in [0.1, 0.15) is 45.1 Å². The van der Waals surface area contributed by atoms with Crippen molar-refractivity contribution in [2.75, 3.05) is 0 Å². The molecule has 0 saturated carbocycles. The van der Waals surface area contributed by atoms with Gasteiger partial charge in [0, 0.05) is 18.3 Å². The first-order valence-corrected chi connectivity index (χ1v) is 6.99. The third-order valence-electron chi connectivity index (χ3n) is 2.87. The summed E-state index contributed by atoms with van der Waals surface area (Å²) in [6.07, 6.45) is 0.647. The quantitative estimate of drug-likeness (QED) is 0.851. The van der Waals surface area contributed by atoms with E-state index in [9.17, 15) is 9.59 Å². The Balaban J connectivity index is 2.72. The van der Waals surface area contributed by atoms with Crippen molar-refractivity contribution in [1.29, 1.82) is 0 Å². The number of nitrogens with one attached hydrogen (secondary N) is 1. The van der Waals surface area contributed by atoms with E-state index < -0.39 is 12.1 Å². The van der Waals surface area contributed by atoms with Crippen LogP contribution < -0.4 is 0 Å². The van der Waals surface area contributed by atoms with E-state index in [4.69, 9.17) is 16.3 Å². The van der Waals surface area contributed by atoms with Crippen molar-refractivity contribution < 1.29 is 14.3 Å². The molecule has 0 bridgehead atoms. The summed E-state index contributed by atoms with van der Waals surface area (Å²) >= 11 is 5.72. The topological polar surface area (TPSA) is 62.4 Å². The number of hydrogen-bond donors (Lipinski definition) is 1. The van der Waals surface area contributed by atoms with Crippen molar-refractivity contribution in [1.82, 2.24) is 9.88 Å². The molecule has 20 heavy (non-hydrogen) atoms. The molecule has 0 aromatic carbocycles. The molecule has 0 aliphatic rings. The number of rotatable bonds is 5. The summed E-state index contributed by atoms with van der Waals surface area (Å²) in [5.41, 5.74) is 0.232. The van der Waals surface area contributed by atoms with Crippen LogP contribution in [0.4, 0.5) is 0 Å². The molecular formula is C14H21ClN2O3. The Morgan fingerprint density at radius 2 is 1.75 bits per heavy atom. The second-order valence-corrected chi connectivity index (χ2v) is 5.65. The van der Waals surface area contributed by atoms with Crippen LogP contribution in [-0.2, 0) is 9.53 Å². The maximum Gasteiger partial charge on any atom is 0.355 e. The molecule has 1 unspecified atom stereocenters. The molecule has 1 heterocycles. The molecule has 1 atom stereocenters. The Bertz CT molecular complexity index is 475. The number of nitrogens with zero attached hydrogens (tertiary/aromatic N) is 1. The molecule has 6 heteroatoms. The average molecular weight is 301 g/mol. The number of carbonyl (C=O) groups is 2. The van der Waals surface area contributed by atoms with Gasteiger partial charge in [-0.1, -0.05) is 11.6 Å². The van der Waals surface area contributed by atoms with Crippen molar-refractivity contribution in [3.05, 3.63) is 23.0 Å². The molecule has 1 aromatic heterocycles. The minimum Gasteiger partial charge on any atom is -0.448 e. The molecule has 1 N–H and O–H groups in total. The number of carbonyl (C=O) groups excluding carboxylic acids is 2. The molecule has 0 radical (unpaired) electrons. The molecule has 0 saturated heterocycles. The van der Waals surface area contributed by atoms with Gasteiger partial charge < -0.3 is 14.6 Å². The normalized spacial score (nSPS) is 12.6. The molecule has 112 valence electrons. The number of hydrogen-bond acceptors (Lipinski definition) is 3. The number of aromatic nitrogens is 1. The van der Waals surface area contributed by atoms with Gasteiger partial charge in [-0.05, 0) is 40.7 Å². The third-order valence-corrected chi connectivity index (χ3v) is 3.08. The number of esters is 1. The number of aromatic amines is 1. The van der Waals surface area contributed by atoms with Crippen molar-refractivity contribution >= 4 is 23.5 Å². The van der Waals surface area contributed by atoms with Crippen LogP contribution >= 0.6 is 11.6 Å². The van der Waals surface area contributed by atoms with E-state index in [1.54, 1.807) is 11.8 Å². The van der Waals surface area contributed by atoms with Crippen molar-refractivity contribution in [2.24, 2.45) is 0 Å². The van der Waals surface area contributed by atoms with Gasteiger partial charge in [0.05, 0.1) is 5.02 Å². The second-order valence-electron chi connectivity index (χ2n) is 5.21. The summed E-state index contributed by atoms with van der Waals surface area (Å²) in [4.78, 5) is 28.5. The van der Waals surface area contributed by atoms with Gasteiger partial charge in [0.2, 0.25) is 0 Å². The lowest BCUT2D eigenvalue weighted by Crippen LogP contribution is -2.47. The predicted molar refractivity (Wildman–Crippen MR) is 77.8 cm³/mol. The van der Waals surface area contributed by atoms with Crippen molar-refractivity contribution in [3.8, 4) is 0 Å². The lowest BCUT2D eigenvalue weighted by molar-refractivity contribution is -0.143. The summed E-state index contributed by atoms with van der Waals surface area (Å²) in [6.45, 7) is 9.28. The van der Waals surface area contributed by atoms with Gasteiger partial charge in [-0.2, -0.15) is 0 Å². The third kappa shape index (κ3) is 4.00. The lowest BCUT2D eigenvalue weighted by atomic mass is 10.2. The number of amides is 1. The molecule has 0 fully saturated rings. The number of ether oxygens (including phenoxy) is 1. The fourth-order valence-corrected chi connectivity index (χ4v) is 2.24. The zero-order chi connectivity index (χ0) is 15.4. The maximum absolute atomic E-state index is 12.3. The van der Waals surface area contributed by atoms with Gasteiger partial charge in [0.1, 0.15) is 5.69 Å². The van der Waals surface area contributed by atoms with E-state index in [2.05, 4.69) is 4.98 Å². The first kappa shape index (κ1) is 16.6. The number of H-pyrrole nitrogens is 1. The van der Waals surface area contributed by atoms with Crippen LogP contribution in [0, 0.1) is 0 Å². The highest BCUT2D eigenvalue weighted by Gasteiger charge is 2.28. The molecule has 0 aliphatic heterocycles. The van der Waals surface area contributed by atoms with Gasteiger partial charge in [0.25, 0.3) is 5.91 Å². The average Bonchev–Trinajstić information content (AvgIpc) is 2.74. The molecule has 0 spiro atoms. The van der Waals surface area contributed by atoms with E-state index in [-0.39, 0.29) is 23.7 Å². The molecule has 5 nitrogen and oxygen atoms in total. The summed E-state index contributed by atoms with van der Waals surface area (Å²) in [6, 6.07) is 1.55. The highest BCUT2D eigenvalue weighted by atomic mass is 35.5. The highest BCUT2D eigenvalue weighted by Crippen LogP contribution is 2.13. The van der Waals surface area contributed by atoms with E-state index in [1.807, 2.05) is 27.7 Å². The zero-order valence-electron chi connectivity index (χ0n) is 12.4. The fourth-order valence-electron chi connectivity index (χ4n) is 2.08. The fraction of sp³-hybridized carbons (Fsp3) is 0.571. The van der Waals surface area contributed by atoms with E-state index in [1.165, 1.54) is 12.3 Å². The Morgan fingerprint density at radius 3 is 2.15 bits per heavy atom. The van der Waals surface area contributed by atoms with E-state index in [0.29, 0.717) is 5.02 Å². The van der Waals surface area contributed by atoms with E-state index in [0.717, 1.165) is 0 Å². The Kier molecular flexibility index (Phi) is 5.62. The first-order valence-electron chi connectivity index (χ1n) is 6.61. The van der Waals surface area contributed by atoms with Crippen LogP contribution in [-0.4, -0.2) is 39.9 Å². The second kappa shape index (κ2) is 6.79. The van der Waals surface area contributed by atoms with Crippen LogP contribution in [0.3, 0.4) is 0 Å². The zero-order valence-corrected chi connectivity index (χ0v) is 13.2. The summed E-state index contributed by atoms with van der Waals surface area (Å²) in [5, 5.41) is 0.418. The minimum absolute atomic E-state index is 0.0450. The standard InChI is InChI=1S/C14H21ClN2O3/c1-8(2)17(9(3)4)13(18)10(5)20-14(19)12-6-11(15)7-16-12/h6-10,16H,1-5H3. The minimum atomic E-state index is -0.839. The van der Waals surface area contributed by atoms with Crippen LogP contribution in [0.2, 0.25) is 5.02 Å². The van der Waals surface area contributed by atoms with Crippen molar-refractivity contribution in [2.45, 2.75) is 52.8 Å². The van der Waals surface area contributed by atoms with Crippen molar-refractivity contribution in [3.63, 3.8) is 0 Å². The van der Waals surface area contributed by atoms with Crippen LogP contribution in [0.15, 0.2) is 12.3 Å². The molecule has 1 aromatic rings. The summed E-state index contributed by atoms with van der Waals surface area (Å²) in [5.74, 6) is -0.800. The monoisotopic (exact) mass is 300 g/mol. The summed E-state index contributed by atoms with van der Waals surface area (Å²) in [7, 11) is 0. The Labute approximate surface area is 124 Å². The first-order chi connectivity index (χ1) is 9.23. The summed E-state index contributed by atoms with van der Waals surface area (Å²) < 4.78 is 5.17. The van der Waals surface area contributed by atoms with Crippen LogP contribution in [0.5, 0.6) is 0 Å². The maximum atomic E-state index is 12.3. The Hall–Kier alpha value is -1.49. The predicted octanol–water partition coefficient (Wildman–Crippen LogP) is 2.86. The SMILES string of the molecule is CC(OC(=O)c1cc(Cl)c[nH]1)C(=O)N(C(C)C)C(C)C. The largest absolute Gasteiger partial charge is 0.448 e. The molecule has 1 rings (SSSR count). The molecule has 0 aliphatic carbocycles. The van der Waals surface area contributed by atoms with Crippen LogP contribution in [0.25, 0.3) is 0 Å². The highest BCUT2D eigenvalue weighted by molar-refractivity contribution is 6.30. The molecule has 1 amide bonds. The van der Waals surface area contributed by atoms with Gasteiger partial charge in [-0.15, -0.1) is 0 Å². The van der Waals surface area contributed by atoms with E-state index >= 15 is 0 Å². The number of halogens is 1. The Morgan fingerprint density at radius 1 is 1.20 bits per heavy atom. The molecular weight excluding hydrogens is 280 g/mol. The smallest absolute Gasteiger partial charge is 0.355 e. The van der Waals surface area contributed by atoms with Gasteiger partial charge in [0.15, 0.2) is 6.10 Å². The van der Waals surface area contributed by atoms with Gasteiger partial charge in [-0.3, -0.25) is 4.79 Å². The lowest BCUT2D eigenvalue weighted by Gasteiger charge is -2.32.